The molecule has 29 heavy (non-hydrogen) atoms. The van der Waals surface area contributed by atoms with Crippen LogP contribution in [0.25, 0.3) is 5.69 Å². The Kier molecular flexibility index (Phi) is 5.01. The van der Waals surface area contributed by atoms with Crippen molar-refractivity contribution in [3.05, 3.63) is 70.6 Å². The molecule has 0 saturated heterocycles. The highest BCUT2D eigenvalue weighted by Gasteiger charge is 2.33. The van der Waals surface area contributed by atoms with Gasteiger partial charge in [-0.15, -0.1) is 0 Å². The number of hydrogen-bond acceptors (Lipinski definition) is 5. The second-order valence-corrected chi connectivity index (χ2v) is 8.96. The molecule has 0 fully saturated rings. The largest absolute Gasteiger partial charge is 0.481 e. The van der Waals surface area contributed by atoms with Crippen LogP contribution in [0, 0.1) is 5.82 Å². The minimum Gasteiger partial charge on any atom is -0.481 e. The number of carbonyl (C=O) groups excluding carboxylic acids is 1. The van der Waals surface area contributed by atoms with Crippen molar-refractivity contribution >= 4 is 33.2 Å². The van der Waals surface area contributed by atoms with E-state index in [1.807, 2.05) is 0 Å². The van der Waals surface area contributed by atoms with Gasteiger partial charge in [0, 0.05) is 10.6 Å². The standard InChI is InChI=1S/C19H15ClFN3O4S/c20-12-5-7-13(8-6-12)24-19(14-10-29(26,27)11-16(14)23-24)22-18(25)9-28-17-4-2-1-3-15(17)21/h1-8H,9-11H2,(H,22,25). The van der Waals surface area contributed by atoms with Crippen LogP contribution in [0.3, 0.4) is 0 Å². The molecule has 7 nitrogen and oxygen atoms in total. The molecule has 2 aromatic carbocycles. The summed E-state index contributed by atoms with van der Waals surface area (Å²) >= 11 is 5.92. The first kappa shape index (κ1) is 19.4. The molecule has 1 aliphatic rings. The molecule has 0 bridgehead atoms. The quantitative estimate of drug-likeness (QED) is 0.665. The molecule has 10 heteroatoms. The van der Waals surface area contributed by atoms with Crippen LogP contribution >= 0.6 is 11.6 Å². The maximum atomic E-state index is 13.7. The summed E-state index contributed by atoms with van der Waals surface area (Å²) in [7, 11) is -3.32. The van der Waals surface area contributed by atoms with E-state index in [-0.39, 0.29) is 23.1 Å². The second kappa shape index (κ2) is 7.49. The summed E-state index contributed by atoms with van der Waals surface area (Å²) < 4.78 is 44.3. The lowest BCUT2D eigenvalue weighted by atomic mass is 10.2. The Morgan fingerprint density at radius 2 is 1.90 bits per heavy atom. The average Bonchev–Trinajstić information content (AvgIpc) is 3.14. The summed E-state index contributed by atoms with van der Waals surface area (Å²) in [4.78, 5) is 12.4. The monoisotopic (exact) mass is 435 g/mol. The molecule has 1 aliphatic heterocycles. The lowest BCUT2D eigenvalue weighted by Crippen LogP contribution is -2.23. The summed E-state index contributed by atoms with van der Waals surface area (Å²) in [6.07, 6.45) is 0. The van der Waals surface area contributed by atoms with Gasteiger partial charge in [0.25, 0.3) is 5.91 Å². The van der Waals surface area contributed by atoms with Crippen molar-refractivity contribution in [1.82, 2.24) is 9.78 Å². The number of carbonyl (C=O) groups is 1. The number of benzene rings is 2. The summed E-state index contributed by atoms with van der Waals surface area (Å²) in [5.74, 6) is -1.39. The van der Waals surface area contributed by atoms with E-state index in [1.54, 1.807) is 30.3 Å². The Morgan fingerprint density at radius 1 is 1.17 bits per heavy atom. The zero-order valence-corrected chi connectivity index (χ0v) is 16.5. The fourth-order valence-electron chi connectivity index (χ4n) is 3.01. The van der Waals surface area contributed by atoms with E-state index in [4.69, 9.17) is 16.3 Å². The first-order valence-electron chi connectivity index (χ1n) is 8.57. The first-order chi connectivity index (χ1) is 13.8. The van der Waals surface area contributed by atoms with Crippen LogP contribution in [0.4, 0.5) is 10.2 Å². The van der Waals surface area contributed by atoms with Crippen molar-refractivity contribution in [2.45, 2.75) is 11.5 Å². The molecular weight excluding hydrogens is 421 g/mol. The third kappa shape index (κ3) is 4.10. The van der Waals surface area contributed by atoms with Gasteiger partial charge in [-0.2, -0.15) is 5.10 Å². The molecule has 0 atom stereocenters. The number of fused-ring (bicyclic) bond motifs is 1. The number of sulfone groups is 1. The number of rotatable bonds is 5. The van der Waals surface area contributed by atoms with Crippen LogP contribution in [0.1, 0.15) is 11.3 Å². The summed E-state index contributed by atoms with van der Waals surface area (Å²) in [6.45, 7) is -0.450. The topological polar surface area (TPSA) is 90.3 Å². The number of nitrogens with one attached hydrogen (secondary N) is 1. The molecule has 1 N–H and O–H groups in total. The van der Waals surface area contributed by atoms with E-state index < -0.39 is 28.2 Å². The number of hydrogen-bond donors (Lipinski definition) is 1. The molecule has 4 rings (SSSR count). The highest BCUT2D eigenvalue weighted by Crippen LogP contribution is 2.33. The van der Waals surface area contributed by atoms with Gasteiger partial charge in [0.1, 0.15) is 5.82 Å². The van der Waals surface area contributed by atoms with Crippen molar-refractivity contribution in [3.8, 4) is 11.4 Å². The Labute approximate surface area is 171 Å². The zero-order chi connectivity index (χ0) is 20.6. The van der Waals surface area contributed by atoms with E-state index in [0.29, 0.717) is 22.0 Å². The smallest absolute Gasteiger partial charge is 0.263 e. The van der Waals surface area contributed by atoms with Gasteiger partial charge in [-0.3, -0.25) is 4.79 Å². The predicted octanol–water partition coefficient (Wildman–Crippen LogP) is 3.11. The Balaban J connectivity index is 1.61. The molecule has 0 radical (unpaired) electrons. The minimum absolute atomic E-state index is 0.0540. The number of aromatic nitrogens is 2. The maximum absolute atomic E-state index is 13.7. The first-order valence-corrected chi connectivity index (χ1v) is 10.8. The van der Waals surface area contributed by atoms with Gasteiger partial charge in [0.15, 0.2) is 28.0 Å². The highest BCUT2D eigenvalue weighted by atomic mass is 35.5. The predicted molar refractivity (Wildman–Crippen MR) is 105 cm³/mol. The Hall–Kier alpha value is -2.91. The third-order valence-corrected chi connectivity index (χ3v) is 6.01. The molecule has 0 unspecified atom stereocenters. The second-order valence-electron chi connectivity index (χ2n) is 6.46. The molecule has 0 aliphatic carbocycles. The summed E-state index contributed by atoms with van der Waals surface area (Å²) in [6, 6.07) is 12.4. The minimum atomic E-state index is -3.32. The van der Waals surface area contributed by atoms with E-state index in [0.717, 1.165) is 0 Å². The van der Waals surface area contributed by atoms with Crippen LogP contribution in [0.15, 0.2) is 48.5 Å². The van der Waals surface area contributed by atoms with Gasteiger partial charge in [0.05, 0.1) is 22.9 Å². The van der Waals surface area contributed by atoms with Crippen molar-refractivity contribution in [1.29, 1.82) is 0 Å². The van der Waals surface area contributed by atoms with E-state index in [9.17, 15) is 17.6 Å². The van der Waals surface area contributed by atoms with E-state index >= 15 is 0 Å². The lowest BCUT2D eigenvalue weighted by molar-refractivity contribution is -0.118. The molecule has 0 saturated carbocycles. The Morgan fingerprint density at radius 3 is 2.62 bits per heavy atom. The van der Waals surface area contributed by atoms with Crippen LogP contribution in [-0.2, 0) is 26.1 Å². The number of halogens is 2. The van der Waals surface area contributed by atoms with Crippen molar-refractivity contribution < 1.29 is 22.3 Å². The normalized spacial score (nSPS) is 14.4. The maximum Gasteiger partial charge on any atom is 0.263 e. The fraction of sp³-hybridized carbons (Fsp3) is 0.158. The van der Waals surface area contributed by atoms with Gasteiger partial charge < -0.3 is 10.1 Å². The number of amides is 1. The molecular formula is C19H15ClFN3O4S. The molecule has 0 spiro atoms. The van der Waals surface area contributed by atoms with Crippen molar-refractivity contribution in [2.24, 2.45) is 0 Å². The molecule has 1 amide bonds. The van der Waals surface area contributed by atoms with E-state index in [1.165, 1.54) is 22.9 Å². The van der Waals surface area contributed by atoms with Crippen LogP contribution in [0.5, 0.6) is 5.75 Å². The van der Waals surface area contributed by atoms with Crippen LogP contribution in [0.2, 0.25) is 5.02 Å². The summed E-state index contributed by atoms with van der Waals surface area (Å²) in [5.41, 5.74) is 1.41. The van der Waals surface area contributed by atoms with Crippen molar-refractivity contribution in [3.63, 3.8) is 0 Å². The third-order valence-electron chi connectivity index (χ3n) is 4.31. The highest BCUT2D eigenvalue weighted by molar-refractivity contribution is 7.90. The SMILES string of the molecule is O=C(COc1ccccc1F)Nc1c2c(nn1-c1ccc(Cl)cc1)CS(=O)(=O)C2. The lowest BCUT2D eigenvalue weighted by Gasteiger charge is -2.12. The molecule has 150 valence electrons. The summed E-state index contributed by atoms with van der Waals surface area (Å²) in [5, 5.41) is 7.53. The molecule has 2 heterocycles. The molecule has 1 aromatic heterocycles. The van der Waals surface area contributed by atoms with Crippen LogP contribution in [-0.4, -0.2) is 30.7 Å². The van der Waals surface area contributed by atoms with Gasteiger partial charge in [-0.05, 0) is 36.4 Å². The van der Waals surface area contributed by atoms with Gasteiger partial charge in [0.2, 0.25) is 0 Å². The van der Waals surface area contributed by atoms with Gasteiger partial charge in [-0.1, -0.05) is 23.7 Å². The molecule has 3 aromatic rings. The zero-order valence-electron chi connectivity index (χ0n) is 14.9. The van der Waals surface area contributed by atoms with Gasteiger partial charge in [-0.25, -0.2) is 17.5 Å². The Bertz CT molecular complexity index is 1190. The van der Waals surface area contributed by atoms with Crippen LogP contribution < -0.4 is 10.1 Å². The average molecular weight is 436 g/mol. The number of nitrogens with zero attached hydrogens (tertiary/aromatic N) is 2. The fourth-order valence-corrected chi connectivity index (χ4v) is 4.63. The number of ether oxygens (including phenoxy) is 1. The number of para-hydroxylation sites is 1. The number of anilines is 1. The van der Waals surface area contributed by atoms with E-state index in [2.05, 4.69) is 10.4 Å². The van der Waals surface area contributed by atoms with Gasteiger partial charge >= 0.3 is 0 Å². The van der Waals surface area contributed by atoms with Crippen molar-refractivity contribution in [2.75, 3.05) is 11.9 Å².